The molecule has 1 aromatic heterocycles. The third-order valence-electron chi connectivity index (χ3n) is 3.74. The minimum absolute atomic E-state index is 0.123. The standard InChI is InChI=1S/C18H11F4N3O4/c19-12-5-11(17-24-23-9-26-17)6-14(7-12)27-16-8-15(29-25-16)10-1-3-13(4-2-10)28-18(20,21)22/h1-9,15,25H. The average Bonchev–Trinajstić information content (AvgIpc) is 3.32. The van der Waals surface area contributed by atoms with E-state index >= 15 is 0 Å². The van der Waals surface area contributed by atoms with Gasteiger partial charge in [0.05, 0.1) is 0 Å². The topological polar surface area (TPSA) is 78.6 Å². The van der Waals surface area contributed by atoms with E-state index in [2.05, 4.69) is 20.4 Å². The van der Waals surface area contributed by atoms with E-state index in [0.717, 1.165) is 12.5 Å². The minimum Gasteiger partial charge on any atom is -0.439 e. The van der Waals surface area contributed by atoms with Crippen molar-refractivity contribution < 1.29 is 36.3 Å². The molecule has 0 fully saturated rings. The Morgan fingerprint density at radius 3 is 2.52 bits per heavy atom. The molecule has 0 saturated heterocycles. The van der Waals surface area contributed by atoms with Gasteiger partial charge in [-0.25, -0.2) is 9.87 Å². The smallest absolute Gasteiger partial charge is 0.439 e. The zero-order valence-corrected chi connectivity index (χ0v) is 14.3. The third-order valence-corrected chi connectivity index (χ3v) is 3.74. The molecule has 11 heteroatoms. The lowest BCUT2D eigenvalue weighted by Crippen LogP contribution is -2.17. The number of halogens is 4. The van der Waals surface area contributed by atoms with Crippen LogP contribution in [0.3, 0.4) is 0 Å². The summed E-state index contributed by atoms with van der Waals surface area (Å²) in [5.41, 5.74) is 3.41. The Morgan fingerprint density at radius 2 is 1.83 bits per heavy atom. The molecule has 0 bridgehead atoms. The monoisotopic (exact) mass is 409 g/mol. The van der Waals surface area contributed by atoms with E-state index < -0.39 is 18.3 Å². The van der Waals surface area contributed by atoms with E-state index in [1.54, 1.807) is 0 Å². The van der Waals surface area contributed by atoms with Crippen LogP contribution in [0.15, 0.2) is 65.2 Å². The molecule has 0 amide bonds. The van der Waals surface area contributed by atoms with Crippen molar-refractivity contribution in [1.29, 1.82) is 0 Å². The van der Waals surface area contributed by atoms with Crippen molar-refractivity contribution in [2.24, 2.45) is 0 Å². The molecule has 0 spiro atoms. The molecule has 4 rings (SSSR count). The van der Waals surface area contributed by atoms with E-state index in [1.165, 1.54) is 42.5 Å². The first-order valence-corrected chi connectivity index (χ1v) is 8.10. The maximum Gasteiger partial charge on any atom is 0.573 e. The van der Waals surface area contributed by atoms with Gasteiger partial charge in [0.25, 0.3) is 0 Å². The van der Waals surface area contributed by atoms with Crippen molar-refractivity contribution in [2.45, 2.75) is 12.5 Å². The van der Waals surface area contributed by atoms with Crippen LogP contribution in [-0.4, -0.2) is 16.6 Å². The predicted octanol–water partition coefficient (Wildman–Crippen LogP) is 4.27. The molecule has 150 valence electrons. The van der Waals surface area contributed by atoms with Gasteiger partial charge in [0.1, 0.15) is 23.4 Å². The van der Waals surface area contributed by atoms with E-state index in [4.69, 9.17) is 14.0 Å². The summed E-state index contributed by atoms with van der Waals surface area (Å²) in [5.74, 6) is -0.478. The minimum atomic E-state index is -4.76. The number of nitrogens with zero attached hydrogens (tertiary/aromatic N) is 2. The third kappa shape index (κ3) is 4.63. The Morgan fingerprint density at radius 1 is 1.03 bits per heavy atom. The molecule has 7 nitrogen and oxygen atoms in total. The lowest BCUT2D eigenvalue weighted by Gasteiger charge is -2.11. The highest BCUT2D eigenvalue weighted by Crippen LogP contribution is 2.30. The van der Waals surface area contributed by atoms with E-state index in [9.17, 15) is 17.6 Å². The Kier molecular flexibility index (Phi) is 4.80. The largest absolute Gasteiger partial charge is 0.573 e. The van der Waals surface area contributed by atoms with Gasteiger partial charge in [-0.05, 0) is 29.8 Å². The summed E-state index contributed by atoms with van der Waals surface area (Å²) in [5, 5.41) is 7.24. The highest BCUT2D eigenvalue weighted by molar-refractivity contribution is 5.55. The van der Waals surface area contributed by atoms with Gasteiger partial charge in [-0.15, -0.1) is 23.4 Å². The Labute approximate surface area is 160 Å². The second-order valence-electron chi connectivity index (χ2n) is 5.81. The van der Waals surface area contributed by atoms with Crippen molar-refractivity contribution in [3.8, 4) is 23.0 Å². The van der Waals surface area contributed by atoms with E-state index in [0.29, 0.717) is 11.1 Å². The van der Waals surface area contributed by atoms with Crippen LogP contribution >= 0.6 is 0 Å². The van der Waals surface area contributed by atoms with Gasteiger partial charge in [-0.2, -0.15) is 0 Å². The molecule has 1 unspecified atom stereocenters. The molecule has 0 saturated carbocycles. The summed E-state index contributed by atoms with van der Waals surface area (Å²) < 4.78 is 64.9. The van der Waals surface area contributed by atoms with Crippen molar-refractivity contribution in [3.05, 3.63) is 72.2 Å². The van der Waals surface area contributed by atoms with Gasteiger partial charge < -0.3 is 13.9 Å². The zero-order valence-electron chi connectivity index (χ0n) is 14.3. The van der Waals surface area contributed by atoms with Crippen LogP contribution in [0.4, 0.5) is 17.6 Å². The predicted molar refractivity (Wildman–Crippen MR) is 88.5 cm³/mol. The lowest BCUT2D eigenvalue weighted by atomic mass is 10.1. The number of alkyl halides is 3. The van der Waals surface area contributed by atoms with E-state index in [1.807, 2.05) is 0 Å². The molecule has 2 aromatic carbocycles. The van der Waals surface area contributed by atoms with Crippen LogP contribution in [0.25, 0.3) is 11.5 Å². The average molecular weight is 409 g/mol. The fourth-order valence-electron chi connectivity index (χ4n) is 2.58. The molecule has 29 heavy (non-hydrogen) atoms. The Hall–Kier alpha value is -3.60. The number of nitrogens with one attached hydrogen (secondary N) is 1. The van der Waals surface area contributed by atoms with Crippen molar-refractivity contribution in [1.82, 2.24) is 15.7 Å². The van der Waals surface area contributed by atoms with Gasteiger partial charge in [0.15, 0.2) is 0 Å². The maximum absolute atomic E-state index is 13.9. The summed E-state index contributed by atoms with van der Waals surface area (Å²) >= 11 is 0. The molecule has 3 aromatic rings. The van der Waals surface area contributed by atoms with Gasteiger partial charge in [-0.3, -0.25) is 4.84 Å². The van der Waals surface area contributed by atoms with Crippen LogP contribution in [0, 0.1) is 5.82 Å². The maximum atomic E-state index is 13.9. The molecule has 0 aliphatic carbocycles. The van der Waals surface area contributed by atoms with Crippen molar-refractivity contribution >= 4 is 0 Å². The molecule has 1 atom stereocenters. The molecule has 1 aliphatic heterocycles. The fourth-order valence-corrected chi connectivity index (χ4v) is 2.58. The van der Waals surface area contributed by atoms with Crippen molar-refractivity contribution in [3.63, 3.8) is 0 Å². The number of hydrogen-bond acceptors (Lipinski definition) is 7. The number of rotatable bonds is 5. The van der Waals surface area contributed by atoms with Crippen LogP contribution in [0.2, 0.25) is 0 Å². The number of aromatic nitrogens is 2. The second kappa shape index (κ2) is 7.43. The number of benzene rings is 2. The summed E-state index contributed by atoms with van der Waals surface area (Å²) in [6.07, 6.45) is -2.74. The highest BCUT2D eigenvalue weighted by Gasteiger charge is 2.31. The van der Waals surface area contributed by atoms with Gasteiger partial charge in [0.2, 0.25) is 18.2 Å². The van der Waals surface area contributed by atoms with Gasteiger partial charge in [-0.1, -0.05) is 12.1 Å². The highest BCUT2D eigenvalue weighted by atomic mass is 19.4. The van der Waals surface area contributed by atoms with Gasteiger partial charge in [0, 0.05) is 17.7 Å². The van der Waals surface area contributed by atoms with E-state index in [-0.39, 0.29) is 23.3 Å². The Bertz CT molecular complexity index is 1020. The van der Waals surface area contributed by atoms with Crippen LogP contribution < -0.4 is 15.0 Å². The molecule has 1 aliphatic rings. The lowest BCUT2D eigenvalue weighted by molar-refractivity contribution is -0.274. The second-order valence-corrected chi connectivity index (χ2v) is 5.81. The number of hydroxylamine groups is 1. The quantitative estimate of drug-likeness (QED) is 0.631. The van der Waals surface area contributed by atoms with Crippen LogP contribution in [0.1, 0.15) is 11.7 Å². The van der Waals surface area contributed by atoms with Crippen LogP contribution in [-0.2, 0) is 4.84 Å². The molecule has 1 N–H and O–H groups in total. The zero-order chi connectivity index (χ0) is 20.4. The number of ether oxygens (including phenoxy) is 2. The summed E-state index contributed by atoms with van der Waals surface area (Å²) in [6.45, 7) is 0. The first-order chi connectivity index (χ1) is 13.9. The summed E-state index contributed by atoms with van der Waals surface area (Å²) in [7, 11) is 0. The summed E-state index contributed by atoms with van der Waals surface area (Å²) in [6, 6.07) is 9.03. The van der Waals surface area contributed by atoms with Gasteiger partial charge >= 0.3 is 6.36 Å². The summed E-state index contributed by atoms with van der Waals surface area (Å²) in [4.78, 5) is 5.33. The molecular formula is C18H11F4N3O4. The molecule has 2 heterocycles. The Balaban J connectivity index is 1.47. The fraction of sp³-hybridized carbons (Fsp3) is 0.111. The van der Waals surface area contributed by atoms with Crippen LogP contribution in [0.5, 0.6) is 11.5 Å². The number of hydrogen-bond donors (Lipinski definition) is 1. The SMILES string of the molecule is Fc1cc(OC2=CC(c3ccc(OC(F)(F)F)cc3)ON2)cc(-c2nnco2)c1. The molecule has 0 radical (unpaired) electrons. The molecular weight excluding hydrogens is 398 g/mol. The first kappa shape index (κ1) is 18.7. The normalized spacial score (nSPS) is 16.3. The van der Waals surface area contributed by atoms with Crippen molar-refractivity contribution in [2.75, 3.05) is 0 Å². The first-order valence-electron chi connectivity index (χ1n) is 8.10.